The number of halogens is 1. The number of hydrogen-bond donors (Lipinski definition) is 1. The topological polar surface area (TPSA) is 41.5 Å². The van der Waals surface area contributed by atoms with Gasteiger partial charge in [-0.15, -0.1) is 0 Å². The molecule has 0 saturated carbocycles. The van der Waals surface area contributed by atoms with Crippen molar-refractivity contribution in [3.63, 3.8) is 0 Å². The second kappa shape index (κ2) is 7.85. The lowest BCUT2D eigenvalue weighted by Crippen LogP contribution is -2.16. The Bertz CT molecular complexity index is 374. The first-order chi connectivity index (χ1) is 8.22. The van der Waals surface area contributed by atoms with Crippen LogP contribution in [0.25, 0.3) is 0 Å². The molecule has 92 valence electrons. The molecule has 0 bridgehead atoms. The fraction of sp³-hybridized carbons (Fsp3) is 0.385. The first-order valence-corrected chi connectivity index (χ1v) is 6.17. The van der Waals surface area contributed by atoms with Crippen LogP contribution in [0.15, 0.2) is 29.4 Å². The number of unbranched alkanes of at least 4 members (excludes halogenated alkanes) is 2. The van der Waals surface area contributed by atoms with E-state index in [9.17, 15) is 4.79 Å². The van der Waals surface area contributed by atoms with Crippen LogP contribution in [0.3, 0.4) is 0 Å². The molecule has 1 aromatic carbocycles. The number of carbonyl (C=O) groups excluding carboxylic acids is 1. The van der Waals surface area contributed by atoms with Gasteiger partial charge in [-0.2, -0.15) is 5.10 Å². The van der Waals surface area contributed by atoms with Crippen LogP contribution in [0.1, 0.15) is 38.2 Å². The van der Waals surface area contributed by atoms with Gasteiger partial charge in [0.15, 0.2) is 0 Å². The number of hydrogen-bond acceptors (Lipinski definition) is 2. The highest BCUT2D eigenvalue weighted by Gasteiger charge is 1.97. The third-order valence-electron chi connectivity index (χ3n) is 2.28. The van der Waals surface area contributed by atoms with E-state index in [1.54, 1.807) is 18.3 Å². The highest BCUT2D eigenvalue weighted by atomic mass is 35.5. The van der Waals surface area contributed by atoms with E-state index in [2.05, 4.69) is 17.5 Å². The molecule has 1 aromatic rings. The van der Waals surface area contributed by atoms with Crippen LogP contribution < -0.4 is 5.43 Å². The second-order valence-corrected chi connectivity index (χ2v) is 4.24. The van der Waals surface area contributed by atoms with Gasteiger partial charge in [-0.05, 0) is 24.1 Å². The van der Waals surface area contributed by atoms with Crippen LogP contribution in [0.4, 0.5) is 0 Å². The van der Waals surface area contributed by atoms with Crippen LogP contribution in [0.5, 0.6) is 0 Å². The molecule has 0 fully saturated rings. The third kappa shape index (κ3) is 6.07. The van der Waals surface area contributed by atoms with Gasteiger partial charge in [-0.25, -0.2) is 5.43 Å². The zero-order valence-corrected chi connectivity index (χ0v) is 10.7. The first kappa shape index (κ1) is 13.7. The number of benzene rings is 1. The van der Waals surface area contributed by atoms with E-state index >= 15 is 0 Å². The summed E-state index contributed by atoms with van der Waals surface area (Å²) in [5, 5.41) is 4.57. The van der Waals surface area contributed by atoms with Crippen molar-refractivity contribution in [1.29, 1.82) is 0 Å². The number of carbonyl (C=O) groups is 1. The highest BCUT2D eigenvalue weighted by molar-refractivity contribution is 6.30. The van der Waals surface area contributed by atoms with E-state index < -0.39 is 0 Å². The Balaban J connectivity index is 2.29. The SMILES string of the molecule is CCCCCC(=O)N/N=C/c1ccc(Cl)cc1. The van der Waals surface area contributed by atoms with Crippen molar-refractivity contribution in [2.45, 2.75) is 32.6 Å². The molecule has 1 rings (SSSR count). The average Bonchev–Trinajstić information content (AvgIpc) is 2.32. The van der Waals surface area contributed by atoms with Crippen LogP contribution in [0.2, 0.25) is 5.02 Å². The summed E-state index contributed by atoms with van der Waals surface area (Å²) in [5.41, 5.74) is 3.41. The monoisotopic (exact) mass is 252 g/mol. The molecule has 4 heteroatoms. The van der Waals surface area contributed by atoms with Crippen LogP contribution in [0, 0.1) is 0 Å². The van der Waals surface area contributed by atoms with Gasteiger partial charge in [0.1, 0.15) is 0 Å². The normalized spacial score (nSPS) is 10.7. The molecule has 0 atom stereocenters. The smallest absolute Gasteiger partial charge is 0.240 e. The lowest BCUT2D eigenvalue weighted by molar-refractivity contribution is -0.121. The lowest BCUT2D eigenvalue weighted by atomic mass is 10.2. The Hall–Kier alpha value is -1.35. The minimum Gasteiger partial charge on any atom is -0.273 e. The van der Waals surface area contributed by atoms with Crippen LogP contribution >= 0.6 is 11.6 Å². The van der Waals surface area contributed by atoms with Gasteiger partial charge in [0.25, 0.3) is 0 Å². The summed E-state index contributed by atoms with van der Waals surface area (Å²) >= 11 is 5.75. The van der Waals surface area contributed by atoms with Gasteiger partial charge in [0, 0.05) is 11.4 Å². The molecule has 0 spiro atoms. The molecule has 17 heavy (non-hydrogen) atoms. The average molecular weight is 253 g/mol. The molecule has 1 amide bonds. The van der Waals surface area contributed by atoms with Gasteiger partial charge in [-0.1, -0.05) is 43.5 Å². The van der Waals surface area contributed by atoms with E-state index in [0.717, 1.165) is 24.8 Å². The maximum Gasteiger partial charge on any atom is 0.240 e. The minimum absolute atomic E-state index is 0.0383. The fourth-order valence-electron chi connectivity index (χ4n) is 1.32. The summed E-state index contributed by atoms with van der Waals surface area (Å²) in [5.74, 6) is -0.0383. The Labute approximate surface area is 107 Å². The molecule has 0 unspecified atom stereocenters. The number of amides is 1. The minimum atomic E-state index is -0.0383. The lowest BCUT2D eigenvalue weighted by Gasteiger charge is -1.98. The van der Waals surface area contributed by atoms with E-state index in [1.807, 2.05) is 12.1 Å². The Morgan fingerprint density at radius 1 is 1.35 bits per heavy atom. The Kier molecular flexibility index (Phi) is 6.33. The maximum atomic E-state index is 11.3. The van der Waals surface area contributed by atoms with E-state index in [1.165, 1.54) is 0 Å². The van der Waals surface area contributed by atoms with E-state index in [0.29, 0.717) is 11.4 Å². The Morgan fingerprint density at radius 2 is 2.06 bits per heavy atom. The summed E-state index contributed by atoms with van der Waals surface area (Å²) < 4.78 is 0. The van der Waals surface area contributed by atoms with Gasteiger partial charge >= 0.3 is 0 Å². The fourth-order valence-corrected chi connectivity index (χ4v) is 1.45. The Morgan fingerprint density at radius 3 is 2.71 bits per heavy atom. The van der Waals surface area contributed by atoms with Crippen LogP contribution in [-0.4, -0.2) is 12.1 Å². The third-order valence-corrected chi connectivity index (χ3v) is 2.53. The number of nitrogens with zero attached hydrogens (tertiary/aromatic N) is 1. The summed E-state index contributed by atoms with van der Waals surface area (Å²) in [4.78, 5) is 11.3. The zero-order chi connectivity index (χ0) is 12.5. The number of hydrazone groups is 1. The van der Waals surface area contributed by atoms with Crippen molar-refractivity contribution in [2.75, 3.05) is 0 Å². The number of rotatable bonds is 6. The van der Waals surface area contributed by atoms with Crippen LogP contribution in [-0.2, 0) is 4.79 Å². The van der Waals surface area contributed by atoms with Crippen molar-refractivity contribution in [3.05, 3.63) is 34.9 Å². The summed E-state index contributed by atoms with van der Waals surface area (Å²) in [6.45, 7) is 2.11. The molecule has 0 saturated heterocycles. The van der Waals surface area contributed by atoms with Crippen molar-refractivity contribution in [1.82, 2.24) is 5.43 Å². The number of nitrogens with one attached hydrogen (secondary N) is 1. The molecule has 1 N–H and O–H groups in total. The second-order valence-electron chi connectivity index (χ2n) is 3.80. The molecule has 0 aliphatic rings. The van der Waals surface area contributed by atoms with Crippen molar-refractivity contribution in [3.8, 4) is 0 Å². The molecule has 0 aromatic heterocycles. The molecular weight excluding hydrogens is 236 g/mol. The van der Waals surface area contributed by atoms with Gasteiger partial charge in [-0.3, -0.25) is 4.79 Å². The molecule has 0 radical (unpaired) electrons. The summed E-state index contributed by atoms with van der Waals surface area (Å²) in [7, 11) is 0. The van der Waals surface area contributed by atoms with E-state index in [-0.39, 0.29) is 5.91 Å². The van der Waals surface area contributed by atoms with Gasteiger partial charge < -0.3 is 0 Å². The van der Waals surface area contributed by atoms with E-state index in [4.69, 9.17) is 11.6 Å². The molecular formula is C13H17ClN2O. The van der Waals surface area contributed by atoms with Crippen molar-refractivity contribution in [2.24, 2.45) is 5.10 Å². The quantitative estimate of drug-likeness (QED) is 0.471. The zero-order valence-electron chi connectivity index (χ0n) is 9.95. The van der Waals surface area contributed by atoms with Crippen molar-refractivity contribution < 1.29 is 4.79 Å². The predicted octanol–water partition coefficient (Wildman–Crippen LogP) is 3.37. The van der Waals surface area contributed by atoms with Crippen molar-refractivity contribution >= 4 is 23.7 Å². The predicted molar refractivity (Wildman–Crippen MR) is 71.3 cm³/mol. The molecule has 0 aliphatic carbocycles. The van der Waals surface area contributed by atoms with Gasteiger partial charge in [0.2, 0.25) is 5.91 Å². The summed E-state index contributed by atoms with van der Waals surface area (Å²) in [6.07, 6.45) is 5.24. The standard InChI is InChI=1S/C13H17ClN2O/c1-2-3-4-5-13(17)16-15-10-11-6-8-12(14)9-7-11/h6-10H,2-5H2,1H3,(H,16,17)/b15-10+. The molecule has 0 aliphatic heterocycles. The highest BCUT2D eigenvalue weighted by Crippen LogP contribution is 2.07. The molecule has 0 heterocycles. The first-order valence-electron chi connectivity index (χ1n) is 5.80. The maximum absolute atomic E-state index is 11.3. The summed E-state index contributed by atoms with van der Waals surface area (Å²) in [6, 6.07) is 7.25. The largest absolute Gasteiger partial charge is 0.273 e. The van der Waals surface area contributed by atoms with Gasteiger partial charge in [0.05, 0.1) is 6.21 Å². The molecule has 3 nitrogen and oxygen atoms in total.